The lowest BCUT2D eigenvalue weighted by molar-refractivity contribution is -0.647. The van der Waals surface area contributed by atoms with Crippen LogP contribution in [-0.2, 0) is 11.8 Å². The topological polar surface area (TPSA) is 30.2 Å². The third-order valence-corrected chi connectivity index (χ3v) is 2.47. The van der Waals surface area contributed by atoms with Crippen molar-refractivity contribution in [3.8, 4) is 0 Å². The standard InChI is InChI=1S/C12H12NO2.BF4/c1-13-10-6-4-3-5-9(10)7-8-11(13)12(14)15-2;2-1(3,4)5/h3-8H,1-2H3;/q+1;-1. The molecule has 8 heteroatoms. The summed E-state index contributed by atoms with van der Waals surface area (Å²) in [6.07, 6.45) is 0. The van der Waals surface area contributed by atoms with Crippen molar-refractivity contribution in [2.75, 3.05) is 7.11 Å². The number of esters is 1. The van der Waals surface area contributed by atoms with Crippen molar-refractivity contribution in [3.05, 3.63) is 42.1 Å². The Morgan fingerprint density at radius 1 is 1.10 bits per heavy atom. The molecule has 0 fully saturated rings. The summed E-state index contributed by atoms with van der Waals surface area (Å²) >= 11 is 0. The van der Waals surface area contributed by atoms with Crippen LogP contribution in [0, 0.1) is 0 Å². The number of fused-ring (bicyclic) bond motifs is 1. The van der Waals surface area contributed by atoms with E-state index in [4.69, 9.17) is 4.74 Å². The molecule has 1 heterocycles. The Hall–Kier alpha value is -2.12. The fourth-order valence-electron chi connectivity index (χ4n) is 1.65. The SMILES string of the molecule is COC(=O)c1ccc2ccccc2[n+]1C.F[B-](F)(F)F. The molecular weight excluding hydrogens is 277 g/mol. The molecule has 108 valence electrons. The Balaban J connectivity index is 0.000000347. The highest BCUT2D eigenvalue weighted by molar-refractivity contribution is 6.50. The Morgan fingerprint density at radius 3 is 2.20 bits per heavy atom. The van der Waals surface area contributed by atoms with E-state index >= 15 is 0 Å². The molecule has 0 aliphatic rings. The average molecular weight is 289 g/mol. The third-order valence-electron chi connectivity index (χ3n) is 2.47. The highest BCUT2D eigenvalue weighted by atomic mass is 19.5. The molecule has 1 aromatic carbocycles. The smallest absolute Gasteiger partial charge is 0.461 e. The summed E-state index contributed by atoms with van der Waals surface area (Å²) < 4.78 is 45.5. The van der Waals surface area contributed by atoms with Gasteiger partial charge in [-0.3, -0.25) is 0 Å². The van der Waals surface area contributed by atoms with E-state index in [9.17, 15) is 22.1 Å². The predicted octanol–water partition coefficient (Wildman–Crippen LogP) is 2.75. The third kappa shape index (κ3) is 4.53. The first-order chi connectivity index (χ1) is 9.24. The van der Waals surface area contributed by atoms with Crippen LogP contribution < -0.4 is 4.57 Å². The van der Waals surface area contributed by atoms with Gasteiger partial charge in [0.2, 0.25) is 5.52 Å². The van der Waals surface area contributed by atoms with Crippen LogP contribution in [0.2, 0.25) is 0 Å². The zero-order valence-corrected chi connectivity index (χ0v) is 10.8. The van der Waals surface area contributed by atoms with E-state index in [1.54, 1.807) is 6.07 Å². The largest absolute Gasteiger partial charge is 0.673 e. The van der Waals surface area contributed by atoms with Crippen LogP contribution in [0.3, 0.4) is 0 Å². The second kappa shape index (κ2) is 6.36. The number of methoxy groups -OCH3 is 1. The Bertz CT molecular complexity index is 610. The van der Waals surface area contributed by atoms with Crippen molar-refractivity contribution < 1.29 is 31.4 Å². The van der Waals surface area contributed by atoms with Crippen LogP contribution >= 0.6 is 0 Å². The molecule has 0 aliphatic heterocycles. The van der Waals surface area contributed by atoms with Gasteiger partial charge in [-0.15, -0.1) is 0 Å². The number of carbonyl (C=O) groups is 1. The zero-order chi connectivity index (χ0) is 15.3. The summed E-state index contributed by atoms with van der Waals surface area (Å²) in [5.74, 6) is -0.316. The number of ether oxygens (including phenoxy) is 1. The van der Waals surface area contributed by atoms with E-state index < -0.39 is 7.25 Å². The molecular formula is C12H12BF4NO2. The van der Waals surface area contributed by atoms with Gasteiger partial charge in [0.1, 0.15) is 7.05 Å². The van der Waals surface area contributed by atoms with Gasteiger partial charge in [-0.05, 0) is 12.1 Å². The first kappa shape index (κ1) is 15.9. The summed E-state index contributed by atoms with van der Waals surface area (Å²) in [7, 11) is -2.76. The van der Waals surface area contributed by atoms with Crippen molar-refractivity contribution in [2.24, 2.45) is 7.05 Å². The van der Waals surface area contributed by atoms with E-state index in [1.165, 1.54) is 7.11 Å². The molecule has 1 aromatic heterocycles. The van der Waals surface area contributed by atoms with Gasteiger partial charge in [0, 0.05) is 17.5 Å². The molecule has 20 heavy (non-hydrogen) atoms. The maximum absolute atomic E-state index is 11.4. The number of aromatic nitrogens is 1. The van der Waals surface area contributed by atoms with Crippen LogP contribution in [0.4, 0.5) is 17.3 Å². The highest BCUT2D eigenvalue weighted by Crippen LogP contribution is 2.10. The number of hydrogen-bond acceptors (Lipinski definition) is 2. The summed E-state index contributed by atoms with van der Waals surface area (Å²) in [6, 6.07) is 11.6. The summed E-state index contributed by atoms with van der Waals surface area (Å²) in [5, 5.41) is 1.10. The van der Waals surface area contributed by atoms with E-state index in [1.807, 2.05) is 41.9 Å². The molecule has 0 unspecified atom stereocenters. The molecule has 0 atom stereocenters. The van der Waals surface area contributed by atoms with E-state index in [0.29, 0.717) is 5.69 Å². The van der Waals surface area contributed by atoms with E-state index in [2.05, 4.69) is 0 Å². The minimum atomic E-state index is -6.00. The normalized spacial score (nSPS) is 10.7. The van der Waals surface area contributed by atoms with Crippen molar-refractivity contribution in [2.45, 2.75) is 0 Å². The van der Waals surface area contributed by atoms with Gasteiger partial charge < -0.3 is 22.0 Å². The summed E-state index contributed by atoms with van der Waals surface area (Å²) in [6.45, 7) is 0. The first-order valence-electron chi connectivity index (χ1n) is 5.57. The lowest BCUT2D eigenvalue weighted by atomic mass is 10.2. The molecule has 0 saturated carbocycles. The Labute approximate surface area is 112 Å². The first-order valence-corrected chi connectivity index (χ1v) is 5.57. The Kier molecular flexibility index (Phi) is 5.07. The maximum Gasteiger partial charge on any atom is 0.673 e. The van der Waals surface area contributed by atoms with Crippen molar-refractivity contribution >= 4 is 24.1 Å². The minimum Gasteiger partial charge on any atom is -0.461 e. The Morgan fingerprint density at radius 2 is 1.65 bits per heavy atom. The average Bonchev–Trinajstić information content (AvgIpc) is 2.37. The van der Waals surface area contributed by atoms with Crippen molar-refractivity contribution in [3.63, 3.8) is 0 Å². The molecule has 0 radical (unpaired) electrons. The number of nitrogens with zero attached hydrogens (tertiary/aromatic N) is 1. The maximum atomic E-state index is 11.4. The monoisotopic (exact) mass is 289 g/mol. The van der Waals surface area contributed by atoms with Gasteiger partial charge in [0.05, 0.1) is 7.11 Å². The number of para-hydroxylation sites is 1. The van der Waals surface area contributed by atoms with Gasteiger partial charge in [0.25, 0.3) is 5.69 Å². The molecule has 2 aromatic rings. The van der Waals surface area contributed by atoms with E-state index in [0.717, 1.165) is 10.9 Å². The predicted molar refractivity (Wildman–Crippen MR) is 66.6 cm³/mol. The number of halogens is 4. The molecule has 0 aliphatic carbocycles. The lowest BCUT2D eigenvalue weighted by Gasteiger charge is -2.00. The highest BCUT2D eigenvalue weighted by Gasteiger charge is 2.20. The van der Waals surface area contributed by atoms with E-state index in [-0.39, 0.29) is 5.97 Å². The van der Waals surface area contributed by atoms with Crippen LogP contribution in [0.5, 0.6) is 0 Å². The van der Waals surface area contributed by atoms with Gasteiger partial charge in [-0.25, -0.2) is 4.79 Å². The second-order valence-corrected chi connectivity index (χ2v) is 3.82. The van der Waals surface area contributed by atoms with Crippen LogP contribution in [0.25, 0.3) is 10.9 Å². The summed E-state index contributed by atoms with van der Waals surface area (Å²) in [5.41, 5.74) is 1.57. The van der Waals surface area contributed by atoms with Gasteiger partial charge in [-0.1, -0.05) is 12.1 Å². The number of hydrogen-bond donors (Lipinski definition) is 0. The fourth-order valence-corrected chi connectivity index (χ4v) is 1.65. The number of carbonyl (C=O) groups excluding carboxylic acids is 1. The minimum absolute atomic E-state index is 0.316. The molecule has 3 nitrogen and oxygen atoms in total. The lowest BCUT2D eigenvalue weighted by Crippen LogP contribution is -2.37. The molecule has 0 spiro atoms. The molecule has 2 rings (SSSR count). The molecule has 0 N–H and O–H groups in total. The van der Waals surface area contributed by atoms with Crippen LogP contribution in [0.15, 0.2) is 36.4 Å². The second-order valence-electron chi connectivity index (χ2n) is 3.82. The summed E-state index contributed by atoms with van der Waals surface area (Å²) in [4.78, 5) is 11.4. The molecule has 0 amide bonds. The molecule has 0 saturated heterocycles. The quantitative estimate of drug-likeness (QED) is 0.350. The number of rotatable bonds is 1. The number of pyridine rings is 1. The number of aryl methyl sites for hydroxylation is 1. The molecule has 0 bridgehead atoms. The van der Waals surface area contributed by atoms with Crippen LogP contribution in [-0.4, -0.2) is 20.3 Å². The van der Waals surface area contributed by atoms with Crippen molar-refractivity contribution in [1.29, 1.82) is 0 Å². The van der Waals surface area contributed by atoms with Crippen LogP contribution in [0.1, 0.15) is 10.5 Å². The van der Waals surface area contributed by atoms with Gasteiger partial charge >= 0.3 is 13.2 Å². The van der Waals surface area contributed by atoms with Gasteiger partial charge in [-0.2, -0.15) is 4.57 Å². The fraction of sp³-hybridized carbons (Fsp3) is 0.167. The van der Waals surface area contributed by atoms with Crippen molar-refractivity contribution in [1.82, 2.24) is 0 Å². The zero-order valence-electron chi connectivity index (χ0n) is 10.8. The van der Waals surface area contributed by atoms with Gasteiger partial charge in [0.15, 0.2) is 0 Å². The number of benzene rings is 1.